The van der Waals surface area contributed by atoms with E-state index in [0.29, 0.717) is 32.7 Å². The zero-order valence-electron chi connectivity index (χ0n) is 37.8. The van der Waals surface area contributed by atoms with Gasteiger partial charge in [-0.1, -0.05) is 92.7 Å². The Morgan fingerprint density at radius 2 is 1.26 bits per heavy atom. The average Bonchev–Trinajstić information content (AvgIpc) is 4.20. The third-order valence-corrected chi connectivity index (χ3v) is 13.5. The van der Waals surface area contributed by atoms with Gasteiger partial charge in [0.25, 0.3) is 0 Å². The Bertz CT molecular complexity index is 2670. The third-order valence-electron chi connectivity index (χ3n) is 13.5. The van der Waals surface area contributed by atoms with Crippen LogP contribution in [0.3, 0.4) is 0 Å². The number of methoxy groups -OCH3 is 1. The molecule has 0 saturated carbocycles. The number of aromatic nitrogens is 4. The minimum atomic E-state index is -0.778. The smallest absolute Gasteiger partial charge is 0.407 e. The molecule has 3 aliphatic heterocycles. The van der Waals surface area contributed by atoms with E-state index in [0.717, 1.165) is 100 Å². The van der Waals surface area contributed by atoms with Crippen molar-refractivity contribution in [2.75, 3.05) is 33.4 Å². The number of carbonyl (C=O) groups excluding carboxylic acids is 4. The summed E-state index contributed by atoms with van der Waals surface area (Å²) in [5, 5.41) is 8.00. The molecular weight excluding hydrogens is 833 g/mol. The van der Waals surface area contributed by atoms with Crippen molar-refractivity contribution < 1.29 is 28.7 Å². The standard InChI is InChI=1S/C52H58N8O6/c1-32(2)46(58-52(64)65-3)50(62)59-23-7-11-43(59)49-54-31-42(56-49)40-20-19-38-28-37(17-18-39(38)29-40)34-13-15-35(16-14-34)41-30-53-48(55-41)44-12-8-24-60(44)51(63)47(36-9-5-4-6-10-36)57-45(61)27-33-21-25-66-26-22-33/h4-6,9-10,13-20,28-33,43-44,46-47H,7-8,11-12,21-27H2,1-3H3,(H,53,55)(H,54,56)(H,57,61)(H,58,64)/t43-,44?,46-,47+/m0/s1. The van der Waals surface area contributed by atoms with Crippen molar-refractivity contribution in [1.82, 2.24) is 40.4 Å². The van der Waals surface area contributed by atoms with Gasteiger partial charge in [0, 0.05) is 38.3 Å². The van der Waals surface area contributed by atoms with E-state index in [4.69, 9.17) is 19.4 Å². The van der Waals surface area contributed by atoms with E-state index in [-0.39, 0.29) is 41.6 Å². The topological polar surface area (TPSA) is 175 Å². The van der Waals surface area contributed by atoms with Crippen molar-refractivity contribution in [3.05, 3.63) is 121 Å². The first-order valence-corrected chi connectivity index (χ1v) is 23.3. The molecule has 6 aromatic rings. The van der Waals surface area contributed by atoms with Crippen LogP contribution in [0.1, 0.15) is 94.1 Å². The molecule has 14 nitrogen and oxygen atoms in total. The number of nitrogens with one attached hydrogen (secondary N) is 4. The number of hydrogen-bond donors (Lipinski definition) is 4. The van der Waals surface area contributed by atoms with E-state index in [1.165, 1.54) is 7.11 Å². The van der Waals surface area contributed by atoms with E-state index in [2.05, 4.69) is 81.3 Å². The predicted octanol–water partition coefficient (Wildman–Crippen LogP) is 8.67. The van der Waals surface area contributed by atoms with Gasteiger partial charge in [0.2, 0.25) is 17.7 Å². The molecule has 9 rings (SSSR count). The van der Waals surface area contributed by atoms with E-state index in [1.807, 2.05) is 66.4 Å². The molecule has 4 N–H and O–H groups in total. The number of benzene rings is 4. The number of carbonyl (C=O) groups is 4. The predicted molar refractivity (Wildman–Crippen MR) is 252 cm³/mol. The summed E-state index contributed by atoms with van der Waals surface area (Å²) < 4.78 is 10.3. The number of H-pyrrole nitrogens is 2. The highest BCUT2D eigenvalue weighted by atomic mass is 16.5. The van der Waals surface area contributed by atoms with Crippen LogP contribution < -0.4 is 10.6 Å². The van der Waals surface area contributed by atoms with Gasteiger partial charge in [-0.25, -0.2) is 14.8 Å². The minimum Gasteiger partial charge on any atom is -0.453 e. The Kier molecular flexibility index (Phi) is 13.3. The average molecular weight is 891 g/mol. The lowest BCUT2D eigenvalue weighted by atomic mass is 9.95. The summed E-state index contributed by atoms with van der Waals surface area (Å²) in [6.07, 6.45) is 8.38. The Labute approximate surface area is 384 Å². The first kappa shape index (κ1) is 44.4. The van der Waals surface area contributed by atoms with Gasteiger partial charge in [0.05, 0.1) is 43.0 Å². The highest BCUT2D eigenvalue weighted by Gasteiger charge is 2.39. The summed E-state index contributed by atoms with van der Waals surface area (Å²) in [5.74, 6) is 1.24. The normalized spacial score (nSPS) is 18.7. The van der Waals surface area contributed by atoms with Crippen LogP contribution in [-0.4, -0.2) is 93.0 Å². The summed E-state index contributed by atoms with van der Waals surface area (Å²) in [4.78, 5) is 73.5. The Hall–Kier alpha value is -6.80. The van der Waals surface area contributed by atoms with Crippen molar-refractivity contribution in [2.45, 2.75) is 83.0 Å². The van der Waals surface area contributed by atoms with Crippen LogP contribution in [-0.2, 0) is 23.9 Å². The molecule has 342 valence electrons. The molecular formula is C52H58N8O6. The van der Waals surface area contributed by atoms with Gasteiger partial charge in [0.1, 0.15) is 23.7 Å². The summed E-state index contributed by atoms with van der Waals surface area (Å²) in [5.41, 5.74) is 6.67. The molecule has 0 aliphatic carbocycles. The molecule has 4 aromatic carbocycles. The van der Waals surface area contributed by atoms with Crippen LogP contribution in [0.2, 0.25) is 0 Å². The maximum Gasteiger partial charge on any atom is 0.407 e. The molecule has 0 bridgehead atoms. The Morgan fingerprint density at radius 1 is 0.697 bits per heavy atom. The van der Waals surface area contributed by atoms with E-state index < -0.39 is 18.2 Å². The van der Waals surface area contributed by atoms with Crippen LogP contribution in [0.4, 0.5) is 4.79 Å². The fraction of sp³-hybridized carbons (Fsp3) is 0.385. The summed E-state index contributed by atoms with van der Waals surface area (Å²) >= 11 is 0. The van der Waals surface area contributed by atoms with Crippen LogP contribution in [0, 0.1) is 11.8 Å². The molecule has 3 fully saturated rings. The molecule has 1 unspecified atom stereocenters. The Balaban J connectivity index is 0.858. The first-order chi connectivity index (χ1) is 32.1. The molecule has 0 spiro atoms. The van der Waals surface area contributed by atoms with Gasteiger partial charge in [-0.2, -0.15) is 0 Å². The van der Waals surface area contributed by atoms with Crippen LogP contribution >= 0.6 is 0 Å². The summed E-state index contributed by atoms with van der Waals surface area (Å²) in [7, 11) is 1.29. The first-order valence-electron chi connectivity index (χ1n) is 23.3. The number of alkyl carbamates (subject to hydrolysis) is 1. The zero-order valence-corrected chi connectivity index (χ0v) is 37.8. The summed E-state index contributed by atoms with van der Waals surface area (Å²) in [6.45, 7) is 6.33. The SMILES string of the molecule is COC(=O)N[C@H](C(=O)N1CCC[C@H]1c1ncc(-c2ccc3cc(-c4ccc(-c5cnc(C6CCCN6C(=O)[C@H](NC(=O)CC6CCOCC6)c6ccccc6)[nH]5)cc4)ccc3c2)[nH]1)C(C)C. The van der Waals surface area contributed by atoms with Gasteiger partial charge in [0.15, 0.2) is 0 Å². The number of amides is 4. The maximum absolute atomic E-state index is 14.3. The van der Waals surface area contributed by atoms with Crippen molar-refractivity contribution in [1.29, 1.82) is 0 Å². The lowest BCUT2D eigenvalue weighted by molar-refractivity contribution is -0.138. The van der Waals surface area contributed by atoms with Crippen LogP contribution in [0.25, 0.3) is 44.4 Å². The van der Waals surface area contributed by atoms with Gasteiger partial charge in [-0.15, -0.1) is 0 Å². The second-order valence-electron chi connectivity index (χ2n) is 18.1. The highest BCUT2D eigenvalue weighted by Crippen LogP contribution is 2.36. The van der Waals surface area contributed by atoms with Crippen molar-refractivity contribution >= 4 is 34.6 Å². The minimum absolute atomic E-state index is 0.108. The number of ether oxygens (including phenoxy) is 2. The van der Waals surface area contributed by atoms with Gasteiger partial charge in [-0.05, 0) is 95.5 Å². The molecule has 3 aliphatic rings. The van der Waals surface area contributed by atoms with Crippen LogP contribution in [0.5, 0.6) is 0 Å². The monoisotopic (exact) mass is 890 g/mol. The number of fused-ring (bicyclic) bond motifs is 1. The quantitative estimate of drug-likeness (QED) is 0.0891. The number of hydrogen-bond acceptors (Lipinski definition) is 8. The van der Waals surface area contributed by atoms with Crippen molar-refractivity contribution in [2.24, 2.45) is 11.8 Å². The zero-order chi connectivity index (χ0) is 45.7. The fourth-order valence-electron chi connectivity index (χ4n) is 9.78. The largest absolute Gasteiger partial charge is 0.453 e. The molecule has 5 heterocycles. The molecule has 14 heteroatoms. The molecule has 3 saturated heterocycles. The second kappa shape index (κ2) is 19.7. The number of nitrogens with zero attached hydrogens (tertiary/aromatic N) is 4. The maximum atomic E-state index is 14.3. The number of aromatic amines is 2. The fourth-order valence-corrected chi connectivity index (χ4v) is 9.78. The molecule has 2 aromatic heterocycles. The number of likely N-dealkylation sites (tertiary alicyclic amines) is 2. The Morgan fingerprint density at radius 3 is 1.88 bits per heavy atom. The van der Waals surface area contributed by atoms with Crippen molar-refractivity contribution in [3.63, 3.8) is 0 Å². The van der Waals surface area contributed by atoms with Crippen LogP contribution in [0.15, 0.2) is 103 Å². The molecule has 0 radical (unpaired) electrons. The van der Waals surface area contributed by atoms with Gasteiger partial charge >= 0.3 is 6.09 Å². The number of rotatable bonds is 13. The van der Waals surface area contributed by atoms with E-state index in [9.17, 15) is 19.2 Å². The third kappa shape index (κ3) is 9.60. The van der Waals surface area contributed by atoms with E-state index in [1.54, 1.807) is 0 Å². The summed E-state index contributed by atoms with van der Waals surface area (Å²) in [6, 6.07) is 28.8. The van der Waals surface area contributed by atoms with Gasteiger partial charge in [-0.3, -0.25) is 14.4 Å². The van der Waals surface area contributed by atoms with Gasteiger partial charge < -0.3 is 39.9 Å². The molecule has 4 amide bonds. The van der Waals surface area contributed by atoms with Crippen molar-refractivity contribution in [3.8, 4) is 33.6 Å². The highest BCUT2D eigenvalue weighted by molar-refractivity contribution is 5.91. The van der Waals surface area contributed by atoms with E-state index >= 15 is 0 Å². The lowest BCUT2D eigenvalue weighted by Gasteiger charge is -2.30. The lowest BCUT2D eigenvalue weighted by Crippen LogP contribution is -2.51. The second-order valence-corrected chi connectivity index (χ2v) is 18.1. The number of imidazole rings is 2. The molecule has 66 heavy (non-hydrogen) atoms. The molecule has 4 atom stereocenters.